The van der Waals surface area contributed by atoms with E-state index < -0.39 is 101 Å². The summed E-state index contributed by atoms with van der Waals surface area (Å²) in [6.45, 7) is 5.92. The number of carbonyl (C=O) groups is 8. The highest BCUT2D eigenvalue weighted by molar-refractivity contribution is 8.76. The SMILES string of the molecule is CC(C)(C)CC1NC(=O)[C@H](CCCCN)NC(=O)C(Cc2c[nH]c3ccccc23)NC(=O)[C@H](Cc2cccnc2)NC(=O)C(NC(=O)[C@@H](N)Cc2ccc(Cl)cc2)CSSCC(C(=O)N[C@@H](Cc2ccc3ccccc3c2)C(N)=O)NC1=O. The zero-order valence-electron chi connectivity index (χ0n) is 46.6. The van der Waals surface area contributed by atoms with E-state index >= 15 is 0 Å². The zero-order chi connectivity index (χ0) is 59.6. The molecule has 440 valence electrons. The predicted octanol–water partition coefficient (Wildman–Crippen LogP) is 3.81. The zero-order valence-corrected chi connectivity index (χ0v) is 49.0. The van der Waals surface area contributed by atoms with Crippen molar-refractivity contribution in [1.82, 2.24) is 47.2 Å². The number of primary amides is 1. The van der Waals surface area contributed by atoms with Crippen LogP contribution in [0.2, 0.25) is 5.02 Å². The number of hydrogen-bond acceptors (Lipinski definition) is 13. The first kappa shape index (κ1) is 63.1. The van der Waals surface area contributed by atoms with E-state index in [1.807, 2.05) is 87.5 Å². The molecular weight excluding hydrogens is 1120 g/mol. The summed E-state index contributed by atoms with van der Waals surface area (Å²) >= 11 is 6.12. The second-order valence-electron chi connectivity index (χ2n) is 21.9. The first-order valence-corrected chi connectivity index (χ1v) is 30.4. The first-order valence-electron chi connectivity index (χ1n) is 27.5. The minimum Gasteiger partial charge on any atom is -0.368 e. The Kier molecular flexibility index (Phi) is 22.9. The van der Waals surface area contributed by atoms with Gasteiger partial charge in [-0.15, -0.1) is 0 Å². The fourth-order valence-electron chi connectivity index (χ4n) is 9.58. The van der Waals surface area contributed by atoms with Crippen LogP contribution in [-0.4, -0.2) is 124 Å². The number of carbonyl (C=O) groups excluding carboxylic acids is 8. The van der Waals surface area contributed by atoms with Gasteiger partial charge in [-0.25, -0.2) is 0 Å². The number of aromatic amines is 1. The number of unbranched alkanes of at least 4 members (excludes halogenated alkanes) is 1. The minimum atomic E-state index is -1.38. The molecule has 8 atom stereocenters. The number of rotatable bonds is 18. The molecule has 3 heterocycles. The van der Waals surface area contributed by atoms with E-state index in [0.29, 0.717) is 46.7 Å². The summed E-state index contributed by atoms with van der Waals surface area (Å²) in [5, 5.41) is 23.0. The van der Waals surface area contributed by atoms with Gasteiger partial charge in [-0.1, -0.05) is 133 Å². The van der Waals surface area contributed by atoms with E-state index in [4.69, 9.17) is 28.8 Å². The van der Waals surface area contributed by atoms with Crippen molar-refractivity contribution in [2.75, 3.05) is 18.1 Å². The van der Waals surface area contributed by atoms with Crippen LogP contribution < -0.4 is 54.4 Å². The lowest BCUT2D eigenvalue weighted by atomic mass is 9.87. The van der Waals surface area contributed by atoms with Gasteiger partial charge in [0.05, 0.1) is 6.04 Å². The second-order valence-corrected chi connectivity index (χ2v) is 24.9. The summed E-state index contributed by atoms with van der Waals surface area (Å²) in [5.41, 5.74) is 21.1. The van der Waals surface area contributed by atoms with Crippen LogP contribution in [0.15, 0.2) is 122 Å². The molecule has 14 N–H and O–H groups in total. The van der Waals surface area contributed by atoms with Crippen LogP contribution in [-0.2, 0) is 64.0 Å². The monoisotopic (exact) mass is 1190 g/mol. The Hall–Kier alpha value is -7.50. The van der Waals surface area contributed by atoms with Gasteiger partial charge in [0.25, 0.3) is 0 Å². The van der Waals surface area contributed by atoms with Gasteiger partial charge >= 0.3 is 0 Å². The van der Waals surface area contributed by atoms with Crippen molar-refractivity contribution in [3.63, 3.8) is 0 Å². The molecule has 1 aliphatic heterocycles. The molecule has 6 aromatic rings. The van der Waals surface area contributed by atoms with E-state index in [1.165, 1.54) is 6.20 Å². The summed E-state index contributed by atoms with van der Waals surface area (Å²) in [6.07, 6.45) is 5.80. The summed E-state index contributed by atoms with van der Waals surface area (Å²) in [7, 11) is 2.15. The van der Waals surface area contributed by atoms with Crippen LogP contribution >= 0.6 is 33.2 Å². The van der Waals surface area contributed by atoms with Crippen LogP contribution in [0.3, 0.4) is 0 Å². The maximum absolute atomic E-state index is 14.9. The molecule has 0 saturated carbocycles. The van der Waals surface area contributed by atoms with E-state index in [2.05, 4.69) is 47.2 Å². The fraction of sp³-hybridized carbons (Fsp3) is 0.383. The third-order valence-corrected chi connectivity index (χ3v) is 16.7. The number of nitrogens with two attached hydrogens (primary N) is 3. The summed E-state index contributed by atoms with van der Waals surface area (Å²) in [5.74, 6) is -6.36. The molecule has 8 amide bonds. The lowest BCUT2D eigenvalue weighted by Gasteiger charge is -2.30. The predicted molar refractivity (Wildman–Crippen MR) is 325 cm³/mol. The Balaban J connectivity index is 1.26. The van der Waals surface area contributed by atoms with Crippen LogP contribution in [0.4, 0.5) is 0 Å². The molecule has 1 saturated heterocycles. The number of aromatic nitrogens is 2. The second kappa shape index (κ2) is 30.2. The van der Waals surface area contributed by atoms with Crippen LogP contribution in [0, 0.1) is 5.41 Å². The lowest BCUT2D eigenvalue weighted by Crippen LogP contribution is -2.61. The number of pyridine rings is 1. The number of benzene rings is 4. The summed E-state index contributed by atoms with van der Waals surface area (Å²) < 4.78 is 0. The van der Waals surface area contributed by atoms with Crippen molar-refractivity contribution < 1.29 is 38.4 Å². The van der Waals surface area contributed by atoms with Crippen molar-refractivity contribution in [2.45, 2.75) is 120 Å². The Morgan fingerprint density at radius 3 is 2.05 bits per heavy atom. The molecule has 20 nitrogen and oxygen atoms in total. The van der Waals surface area contributed by atoms with Gasteiger partial charge in [-0.3, -0.25) is 43.3 Å². The van der Waals surface area contributed by atoms with Crippen molar-refractivity contribution in [2.24, 2.45) is 22.6 Å². The van der Waals surface area contributed by atoms with Gasteiger partial charge in [-0.05, 0) is 101 Å². The molecule has 0 aliphatic carbocycles. The minimum absolute atomic E-state index is 0.0214. The number of halogens is 1. The standard InChI is InChI=1S/C60H73ClN12O8S2/c1-60(2,3)30-49-57(79)73-51(58(80)68-46(52(64)74)27-36-17-20-38-12-4-5-13-39(38)25-36)34-83-82-33-50(72-53(75)43(63)26-35-18-21-41(61)22-19-35)59(81)69-47(28-37-11-10-24-65-31-37)55(77)70-48(29-40-32-66-44-15-7-6-14-42(40)44)56(78)67-45(54(76)71-49)16-8-9-23-62/h4-7,10-15,17-22,24-25,31-32,43,45-51,66H,8-9,16,23,26-30,33-34,62-63H2,1-3H3,(H2,64,74)(H,67,78)(H,68,80)(H,69,81)(H,70,77)(H,71,76)(H,72,75)(H,73,79)/t43-,45-,46-,47-,48?,49?,50?,51?/m0/s1. The Labute approximate surface area is 495 Å². The normalized spacial score (nSPS) is 20.6. The number of para-hydroxylation sites is 1. The Morgan fingerprint density at radius 1 is 0.699 bits per heavy atom. The summed E-state index contributed by atoms with van der Waals surface area (Å²) in [4.78, 5) is 123. The van der Waals surface area contributed by atoms with Crippen LogP contribution in [0.25, 0.3) is 21.7 Å². The maximum Gasteiger partial charge on any atom is 0.244 e. The highest BCUT2D eigenvalue weighted by Crippen LogP contribution is 2.26. The maximum atomic E-state index is 14.9. The molecule has 4 unspecified atom stereocenters. The number of nitrogens with zero attached hydrogens (tertiary/aromatic N) is 1. The number of fused-ring (bicyclic) bond motifs is 2. The number of nitrogens with one attached hydrogen (secondary N) is 8. The average molecular weight is 1190 g/mol. The Bertz CT molecular complexity index is 3240. The van der Waals surface area contributed by atoms with E-state index in [-0.39, 0.29) is 50.0 Å². The number of H-pyrrole nitrogens is 1. The number of hydrogen-bond donors (Lipinski definition) is 11. The van der Waals surface area contributed by atoms with E-state index in [0.717, 1.165) is 43.3 Å². The fourth-order valence-corrected chi connectivity index (χ4v) is 12.0. The van der Waals surface area contributed by atoms with Gasteiger partial charge in [0.1, 0.15) is 42.3 Å². The number of amides is 8. The highest BCUT2D eigenvalue weighted by atomic mass is 35.5. The van der Waals surface area contributed by atoms with Crippen LogP contribution in [0.5, 0.6) is 0 Å². The first-order chi connectivity index (χ1) is 39.7. The lowest BCUT2D eigenvalue weighted by molar-refractivity contribution is -0.135. The van der Waals surface area contributed by atoms with Crippen molar-refractivity contribution in [1.29, 1.82) is 0 Å². The Morgan fingerprint density at radius 2 is 1.34 bits per heavy atom. The van der Waals surface area contributed by atoms with Gasteiger partial charge in [0.15, 0.2) is 0 Å². The third-order valence-electron chi connectivity index (χ3n) is 14.0. The quantitative estimate of drug-likeness (QED) is 0.0432. The van der Waals surface area contributed by atoms with Crippen molar-refractivity contribution in [3.05, 3.63) is 149 Å². The molecule has 83 heavy (non-hydrogen) atoms. The molecule has 1 aliphatic rings. The molecule has 4 aromatic carbocycles. The van der Waals surface area contributed by atoms with Crippen LogP contribution in [0.1, 0.15) is 68.7 Å². The largest absolute Gasteiger partial charge is 0.368 e. The molecular formula is C60H73ClN12O8S2. The van der Waals surface area contributed by atoms with Gasteiger partial charge in [0, 0.05) is 65.3 Å². The molecule has 0 radical (unpaired) electrons. The van der Waals surface area contributed by atoms with Gasteiger partial charge in [0.2, 0.25) is 47.3 Å². The molecule has 7 rings (SSSR count). The molecule has 23 heteroatoms. The third kappa shape index (κ3) is 19.0. The van der Waals surface area contributed by atoms with E-state index in [1.54, 1.807) is 48.8 Å². The molecule has 0 spiro atoms. The highest BCUT2D eigenvalue weighted by Gasteiger charge is 2.37. The molecule has 0 bridgehead atoms. The van der Waals surface area contributed by atoms with Gasteiger partial charge < -0.3 is 59.4 Å². The topological polar surface area (TPSA) is 328 Å². The van der Waals surface area contributed by atoms with E-state index in [9.17, 15) is 38.4 Å². The van der Waals surface area contributed by atoms with Crippen molar-refractivity contribution >= 4 is 102 Å². The molecule has 2 aromatic heterocycles. The van der Waals surface area contributed by atoms with Crippen molar-refractivity contribution in [3.8, 4) is 0 Å². The molecule has 1 fully saturated rings. The summed E-state index contributed by atoms with van der Waals surface area (Å²) in [6, 6.07) is 20.5. The smallest absolute Gasteiger partial charge is 0.244 e. The van der Waals surface area contributed by atoms with Gasteiger partial charge in [-0.2, -0.15) is 0 Å². The average Bonchev–Trinajstić information content (AvgIpc) is 4.18.